The molecule has 1 fully saturated rings. The van der Waals surface area contributed by atoms with Crippen molar-refractivity contribution in [2.75, 3.05) is 6.61 Å². The quantitative estimate of drug-likeness (QED) is 0.332. The number of fused-ring (bicyclic) bond motifs is 1. The van der Waals surface area contributed by atoms with E-state index in [1.807, 2.05) is 48.5 Å². The fourth-order valence-corrected chi connectivity index (χ4v) is 4.33. The zero-order valence-electron chi connectivity index (χ0n) is 18.3. The van der Waals surface area contributed by atoms with Gasteiger partial charge in [0.15, 0.2) is 0 Å². The fourth-order valence-electron chi connectivity index (χ4n) is 4.33. The van der Waals surface area contributed by atoms with Gasteiger partial charge in [-0.3, -0.25) is 9.63 Å². The first-order chi connectivity index (χ1) is 15.7. The van der Waals surface area contributed by atoms with Crippen LogP contribution in [0, 0.1) is 5.92 Å². The SMILES string of the molecule is CCOC(=O)C(=O)NOC(c1cccc(-c2ccc3ccccc3n2)c1)C1CCCCC1. The van der Waals surface area contributed by atoms with E-state index >= 15 is 0 Å². The second kappa shape index (κ2) is 10.4. The van der Waals surface area contributed by atoms with E-state index in [2.05, 4.69) is 17.6 Å². The van der Waals surface area contributed by atoms with Crippen molar-refractivity contribution in [3.05, 3.63) is 66.2 Å². The number of benzene rings is 2. The molecule has 4 rings (SSSR count). The third-order valence-corrected chi connectivity index (χ3v) is 5.93. The molecule has 1 heterocycles. The van der Waals surface area contributed by atoms with Crippen LogP contribution < -0.4 is 5.48 Å². The molecule has 0 radical (unpaired) electrons. The van der Waals surface area contributed by atoms with Gasteiger partial charge in [0.2, 0.25) is 0 Å². The van der Waals surface area contributed by atoms with Gasteiger partial charge in [-0.05, 0) is 49.4 Å². The average Bonchev–Trinajstić information content (AvgIpc) is 2.85. The number of esters is 1. The zero-order chi connectivity index (χ0) is 22.3. The van der Waals surface area contributed by atoms with Crippen LogP contribution in [0.2, 0.25) is 0 Å². The number of hydrogen-bond donors (Lipinski definition) is 1. The molecule has 1 aromatic heterocycles. The van der Waals surface area contributed by atoms with Gasteiger partial charge in [-0.25, -0.2) is 15.3 Å². The number of carbonyl (C=O) groups is 2. The maximum atomic E-state index is 12.0. The Labute approximate surface area is 187 Å². The summed E-state index contributed by atoms with van der Waals surface area (Å²) in [7, 11) is 0. The molecule has 1 amide bonds. The third kappa shape index (κ3) is 5.14. The summed E-state index contributed by atoms with van der Waals surface area (Å²) in [5.41, 5.74) is 6.07. The molecule has 1 N–H and O–H groups in total. The first-order valence-corrected chi connectivity index (χ1v) is 11.2. The average molecular weight is 433 g/mol. The minimum Gasteiger partial charge on any atom is -0.459 e. The van der Waals surface area contributed by atoms with Gasteiger partial charge >= 0.3 is 11.9 Å². The van der Waals surface area contributed by atoms with E-state index in [4.69, 9.17) is 14.6 Å². The van der Waals surface area contributed by atoms with Crippen LogP contribution in [-0.2, 0) is 19.2 Å². The van der Waals surface area contributed by atoms with Crippen LogP contribution in [0.5, 0.6) is 0 Å². The van der Waals surface area contributed by atoms with Crippen LogP contribution >= 0.6 is 0 Å². The maximum Gasteiger partial charge on any atom is 0.399 e. The molecular weight excluding hydrogens is 404 g/mol. The Balaban J connectivity index is 1.60. The molecule has 32 heavy (non-hydrogen) atoms. The van der Waals surface area contributed by atoms with Crippen LogP contribution in [0.15, 0.2) is 60.7 Å². The number of ether oxygens (including phenoxy) is 1. The Morgan fingerprint density at radius 2 is 1.84 bits per heavy atom. The summed E-state index contributed by atoms with van der Waals surface area (Å²) in [6.07, 6.45) is 5.13. The van der Waals surface area contributed by atoms with Crippen LogP contribution in [0.3, 0.4) is 0 Å². The number of rotatable bonds is 6. The third-order valence-electron chi connectivity index (χ3n) is 5.93. The Morgan fingerprint density at radius 1 is 1.03 bits per heavy atom. The second-order valence-electron chi connectivity index (χ2n) is 8.10. The van der Waals surface area contributed by atoms with Gasteiger partial charge in [0.1, 0.15) is 6.10 Å². The van der Waals surface area contributed by atoms with Gasteiger partial charge in [0.05, 0.1) is 17.8 Å². The number of nitrogens with one attached hydrogen (secondary N) is 1. The number of amides is 1. The fraction of sp³-hybridized carbons (Fsp3) is 0.346. The lowest BCUT2D eigenvalue weighted by molar-refractivity contribution is -0.165. The monoisotopic (exact) mass is 432 g/mol. The lowest BCUT2D eigenvalue weighted by atomic mass is 9.82. The van der Waals surface area contributed by atoms with E-state index in [9.17, 15) is 9.59 Å². The number of hydrogen-bond acceptors (Lipinski definition) is 5. The molecule has 1 unspecified atom stereocenters. The van der Waals surface area contributed by atoms with E-state index < -0.39 is 11.9 Å². The molecule has 1 aliphatic rings. The topological polar surface area (TPSA) is 77.5 Å². The maximum absolute atomic E-state index is 12.0. The highest BCUT2D eigenvalue weighted by Gasteiger charge is 2.28. The highest BCUT2D eigenvalue weighted by atomic mass is 16.7. The Hall–Kier alpha value is -3.25. The van der Waals surface area contributed by atoms with Crippen molar-refractivity contribution in [1.82, 2.24) is 10.5 Å². The molecule has 1 atom stereocenters. The van der Waals surface area contributed by atoms with E-state index in [1.54, 1.807) is 6.92 Å². The van der Waals surface area contributed by atoms with E-state index in [0.717, 1.165) is 53.4 Å². The number of carbonyl (C=O) groups excluding carboxylic acids is 2. The molecule has 2 aromatic carbocycles. The van der Waals surface area contributed by atoms with Gasteiger partial charge in [-0.1, -0.05) is 61.7 Å². The van der Waals surface area contributed by atoms with Crippen molar-refractivity contribution in [1.29, 1.82) is 0 Å². The highest BCUT2D eigenvalue weighted by Crippen LogP contribution is 2.37. The first kappa shape index (κ1) is 22.0. The molecule has 0 saturated heterocycles. The summed E-state index contributed by atoms with van der Waals surface area (Å²) in [4.78, 5) is 34.4. The van der Waals surface area contributed by atoms with Gasteiger partial charge in [-0.2, -0.15) is 0 Å². The van der Waals surface area contributed by atoms with Crippen LogP contribution in [0.25, 0.3) is 22.2 Å². The minimum absolute atomic E-state index is 0.138. The van der Waals surface area contributed by atoms with Crippen molar-refractivity contribution in [3.8, 4) is 11.3 Å². The van der Waals surface area contributed by atoms with Crippen molar-refractivity contribution < 1.29 is 19.2 Å². The van der Waals surface area contributed by atoms with Gasteiger partial charge in [-0.15, -0.1) is 0 Å². The zero-order valence-corrected chi connectivity index (χ0v) is 18.3. The summed E-state index contributed by atoms with van der Waals surface area (Å²) < 4.78 is 4.76. The summed E-state index contributed by atoms with van der Waals surface area (Å²) in [5.74, 6) is -1.57. The van der Waals surface area contributed by atoms with Crippen molar-refractivity contribution >= 4 is 22.8 Å². The minimum atomic E-state index is -0.941. The molecular formula is C26H28N2O4. The highest BCUT2D eigenvalue weighted by molar-refractivity contribution is 6.32. The second-order valence-corrected chi connectivity index (χ2v) is 8.10. The smallest absolute Gasteiger partial charge is 0.399 e. The molecule has 1 saturated carbocycles. The van der Waals surface area contributed by atoms with Gasteiger partial charge in [0, 0.05) is 10.9 Å². The predicted molar refractivity (Wildman–Crippen MR) is 122 cm³/mol. The number of aromatic nitrogens is 1. The van der Waals surface area contributed by atoms with Crippen molar-refractivity contribution in [2.45, 2.75) is 45.1 Å². The summed E-state index contributed by atoms with van der Waals surface area (Å²) in [6, 6.07) is 20.2. The molecule has 6 nitrogen and oxygen atoms in total. The van der Waals surface area contributed by atoms with E-state index in [-0.39, 0.29) is 18.6 Å². The number of nitrogens with zero attached hydrogens (tertiary/aromatic N) is 1. The summed E-state index contributed by atoms with van der Waals surface area (Å²) >= 11 is 0. The predicted octanol–water partition coefficient (Wildman–Crippen LogP) is 5.13. The van der Waals surface area contributed by atoms with Crippen LogP contribution in [-0.4, -0.2) is 23.5 Å². The number of para-hydroxylation sites is 1. The van der Waals surface area contributed by atoms with E-state index in [1.165, 1.54) is 6.42 Å². The first-order valence-electron chi connectivity index (χ1n) is 11.2. The lowest BCUT2D eigenvalue weighted by Crippen LogP contribution is -2.35. The van der Waals surface area contributed by atoms with Crippen LogP contribution in [0.1, 0.15) is 50.7 Å². The molecule has 166 valence electrons. The largest absolute Gasteiger partial charge is 0.459 e. The van der Waals surface area contributed by atoms with Crippen molar-refractivity contribution in [3.63, 3.8) is 0 Å². The molecule has 3 aromatic rings. The Bertz CT molecular complexity index is 1090. The molecule has 6 heteroatoms. The summed E-state index contributed by atoms with van der Waals surface area (Å²) in [5, 5.41) is 1.09. The lowest BCUT2D eigenvalue weighted by Gasteiger charge is -2.30. The molecule has 0 aliphatic heterocycles. The van der Waals surface area contributed by atoms with E-state index in [0.29, 0.717) is 0 Å². The van der Waals surface area contributed by atoms with Gasteiger partial charge < -0.3 is 4.74 Å². The normalized spacial score (nSPS) is 15.3. The molecule has 1 aliphatic carbocycles. The van der Waals surface area contributed by atoms with Crippen LogP contribution in [0.4, 0.5) is 0 Å². The number of hydroxylamine groups is 1. The molecule has 0 spiro atoms. The Kier molecular flexibility index (Phi) is 7.12. The standard InChI is InChI=1S/C26H28N2O4/c1-2-31-26(30)25(29)28-32-24(19-10-4-3-5-11-19)21-13-8-12-20(17-21)23-16-15-18-9-6-7-14-22(18)27-23/h6-9,12-17,19,24H,2-5,10-11H2,1H3,(H,28,29). The number of pyridine rings is 1. The Morgan fingerprint density at radius 3 is 2.66 bits per heavy atom. The summed E-state index contributed by atoms with van der Waals surface area (Å²) in [6.45, 7) is 1.79. The molecule has 0 bridgehead atoms. The van der Waals surface area contributed by atoms with Gasteiger partial charge in [0.25, 0.3) is 0 Å². The van der Waals surface area contributed by atoms with Crippen molar-refractivity contribution in [2.24, 2.45) is 5.92 Å².